The molecule has 4 rings (SSSR count). The van der Waals surface area contributed by atoms with Crippen molar-refractivity contribution in [3.05, 3.63) is 82.1 Å². The minimum absolute atomic E-state index is 0.0177. The number of carbonyl (C=O) groups is 3. The molecule has 0 fully saturated rings. The van der Waals surface area contributed by atoms with Gasteiger partial charge in [0.2, 0.25) is 0 Å². The summed E-state index contributed by atoms with van der Waals surface area (Å²) < 4.78 is 5.53. The third-order valence-electron chi connectivity index (χ3n) is 5.36. The van der Waals surface area contributed by atoms with Crippen LogP contribution in [-0.4, -0.2) is 17.5 Å². The Balaban J connectivity index is 1.77. The molecule has 0 spiro atoms. The van der Waals surface area contributed by atoms with Gasteiger partial charge in [0, 0.05) is 41.3 Å². The molecule has 28 heavy (non-hydrogen) atoms. The Morgan fingerprint density at radius 3 is 2.57 bits per heavy atom. The minimum atomic E-state index is -0.757. The highest BCUT2D eigenvalue weighted by atomic mass is 35.5. The van der Waals surface area contributed by atoms with Crippen molar-refractivity contribution < 1.29 is 19.1 Å². The van der Waals surface area contributed by atoms with Crippen LogP contribution in [0.25, 0.3) is 0 Å². The van der Waals surface area contributed by atoms with Crippen LogP contribution in [0.3, 0.4) is 0 Å². The molecule has 2 aromatic carbocycles. The molecule has 0 amide bonds. The lowest BCUT2D eigenvalue weighted by Gasteiger charge is -2.35. The van der Waals surface area contributed by atoms with Crippen molar-refractivity contribution in [1.29, 1.82) is 0 Å². The van der Waals surface area contributed by atoms with Crippen LogP contribution in [0.1, 0.15) is 47.5 Å². The number of hydrogen-bond donors (Lipinski definition) is 0. The second-order valence-corrected chi connectivity index (χ2v) is 7.60. The molecule has 1 heterocycles. The first kappa shape index (κ1) is 18.6. The third-order valence-corrected chi connectivity index (χ3v) is 5.59. The van der Waals surface area contributed by atoms with Gasteiger partial charge in [-0.1, -0.05) is 54.1 Å². The summed E-state index contributed by atoms with van der Waals surface area (Å²) >= 11 is 6.18. The molecule has 2 aromatic rings. The molecule has 0 bridgehead atoms. The van der Waals surface area contributed by atoms with Crippen LogP contribution in [0.2, 0.25) is 5.02 Å². The number of rotatable bonds is 4. The fraction of sp³-hybridized carbons (Fsp3) is 0.261. The number of carbonyl (C=O) groups excluding carboxylic acids is 3. The summed E-state index contributed by atoms with van der Waals surface area (Å²) in [5.74, 6) is -1.45. The molecule has 1 aliphatic heterocycles. The predicted molar refractivity (Wildman–Crippen MR) is 105 cm³/mol. The summed E-state index contributed by atoms with van der Waals surface area (Å²) in [6.07, 6.45) is 1.63. The zero-order chi connectivity index (χ0) is 19.7. The number of halogens is 1. The van der Waals surface area contributed by atoms with E-state index in [4.69, 9.17) is 16.3 Å². The van der Waals surface area contributed by atoms with Crippen LogP contribution in [0.15, 0.2) is 65.9 Å². The molecule has 5 heteroatoms. The van der Waals surface area contributed by atoms with Crippen LogP contribution in [0, 0.1) is 5.92 Å². The molecule has 2 atom stereocenters. The smallest absolute Gasteiger partial charge is 0.315 e. The maximum Gasteiger partial charge on any atom is 0.315 e. The predicted octanol–water partition coefficient (Wildman–Crippen LogP) is 4.88. The van der Waals surface area contributed by atoms with Crippen LogP contribution < -0.4 is 0 Å². The molecule has 0 aromatic heterocycles. The highest BCUT2D eigenvalue weighted by Gasteiger charge is 2.44. The van der Waals surface area contributed by atoms with Gasteiger partial charge in [-0.3, -0.25) is 14.4 Å². The number of ketones is 2. The number of ether oxygens (including phenoxy) is 1. The van der Waals surface area contributed by atoms with E-state index in [9.17, 15) is 14.4 Å². The van der Waals surface area contributed by atoms with Crippen molar-refractivity contribution in [1.82, 2.24) is 0 Å². The average Bonchev–Trinajstić information content (AvgIpc) is 2.69. The van der Waals surface area contributed by atoms with Crippen molar-refractivity contribution in [2.45, 2.75) is 31.6 Å². The number of hydrogen-bond acceptors (Lipinski definition) is 4. The highest BCUT2D eigenvalue weighted by molar-refractivity contribution is 6.30. The second kappa shape index (κ2) is 7.72. The van der Waals surface area contributed by atoms with E-state index in [1.54, 1.807) is 42.5 Å². The van der Waals surface area contributed by atoms with E-state index < -0.39 is 17.8 Å². The second-order valence-electron chi connectivity index (χ2n) is 7.17. The number of Topliss-reactive ketones (excluding diaryl/α,β-unsaturated/α-hetero) is 2. The quantitative estimate of drug-likeness (QED) is 0.548. The van der Waals surface area contributed by atoms with E-state index >= 15 is 0 Å². The molecule has 1 unspecified atom stereocenters. The van der Waals surface area contributed by atoms with Gasteiger partial charge in [-0.05, 0) is 24.1 Å². The average molecular weight is 395 g/mol. The van der Waals surface area contributed by atoms with Crippen molar-refractivity contribution >= 4 is 29.1 Å². The summed E-state index contributed by atoms with van der Waals surface area (Å²) in [6, 6.07) is 16.0. The lowest BCUT2D eigenvalue weighted by molar-refractivity contribution is -0.147. The van der Waals surface area contributed by atoms with Gasteiger partial charge in [-0.25, -0.2) is 0 Å². The van der Waals surface area contributed by atoms with E-state index in [-0.39, 0.29) is 18.0 Å². The largest absolute Gasteiger partial charge is 0.430 e. The maximum absolute atomic E-state index is 12.8. The summed E-state index contributed by atoms with van der Waals surface area (Å²) in [5.41, 5.74) is 1.83. The Bertz CT molecular complexity index is 977. The van der Waals surface area contributed by atoms with Gasteiger partial charge in [-0.2, -0.15) is 0 Å². The first-order valence-corrected chi connectivity index (χ1v) is 9.74. The Morgan fingerprint density at radius 2 is 1.82 bits per heavy atom. The maximum atomic E-state index is 12.8. The number of benzene rings is 2. The first-order valence-electron chi connectivity index (χ1n) is 9.36. The van der Waals surface area contributed by atoms with Crippen molar-refractivity contribution in [3.8, 4) is 0 Å². The Hall–Kier alpha value is -2.72. The van der Waals surface area contributed by atoms with Gasteiger partial charge in [0.05, 0.1) is 5.92 Å². The molecule has 4 nitrogen and oxygen atoms in total. The Kier molecular flexibility index (Phi) is 5.14. The zero-order valence-corrected chi connectivity index (χ0v) is 15.9. The lowest BCUT2D eigenvalue weighted by Crippen LogP contribution is -2.36. The fourth-order valence-corrected chi connectivity index (χ4v) is 4.26. The van der Waals surface area contributed by atoms with Gasteiger partial charge in [0.15, 0.2) is 11.6 Å². The summed E-state index contributed by atoms with van der Waals surface area (Å²) in [4.78, 5) is 38.4. The molecule has 0 N–H and O–H groups in total. The summed E-state index contributed by atoms with van der Waals surface area (Å²) in [6.45, 7) is 0. The number of allylic oxidation sites excluding steroid dienone is 2. The van der Waals surface area contributed by atoms with Gasteiger partial charge in [0.25, 0.3) is 0 Å². The molecule has 0 saturated carbocycles. The molecule has 0 saturated heterocycles. The third kappa shape index (κ3) is 3.52. The highest BCUT2D eigenvalue weighted by Crippen LogP contribution is 2.45. The van der Waals surface area contributed by atoms with Gasteiger partial charge in [0.1, 0.15) is 5.76 Å². The monoisotopic (exact) mass is 394 g/mol. The van der Waals surface area contributed by atoms with Crippen LogP contribution in [0.4, 0.5) is 0 Å². The SMILES string of the molecule is O=C1CCCC2=C1C(c1cccc(Cl)c1)[C@@H](CC(=O)c1ccccc1)C(=O)O2. The molecular weight excluding hydrogens is 376 g/mol. The first-order chi connectivity index (χ1) is 13.5. The molecule has 2 aliphatic rings. The number of esters is 1. The lowest BCUT2D eigenvalue weighted by atomic mass is 9.72. The van der Waals surface area contributed by atoms with E-state index in [0.29, 0.717) is 41.2 Å². The van der Waals surface area contributed by atoms with E-state index in [2.05, 4.69) is 0 Å². The molecule has 1 aliphatic carbocycles. The normalized spacial score (nSPS) is 21.9. The summed E-state index contributed by atoms with van der Waals surface area (Å²) in [5, 5.41) is 0.523. The van der Waals surface area contributed by atoms with Crippen LogP contribution in [-0.2, 0) is 14.3 Å². The van der Waals surface area contributed by atoms with Gasteiger partial charge < -0.3 is 4.74 Å². The summed E-state index contributed by atoms with van der Waals surface area (Å²) in [7, 11) is 0. The minimum Gasteiger partial charge on any atom is -0.430 e. The Morgan fingerprint density at radius 1 is 1.04 bits per heavy atom. The fourth-order valence-electron chi connectivity index (χ4n) is 4.06. The zero-order valence-electron chi connectivity index (χ0n) is 15.2. The molecule has 142 valence electrons. The van der Waals surface area contributed by atoms with Crippen molar-refractivity contribution in [2.24, 2.45) is 5.92 Å². The standard InChI is InChI=1S/C23H19ClO4/c24-16-9-4-8-15(12-16)21-17(13-19(26)14-6-2-1-3-7-14)23(27)28-20-11-5-10-18(25)22(20)21/h1-4,6-9,12,17,21H,5,10-11,13H2/t17-,21?/m1/s1. The van der Waals surface area contributed by atoms with Gasteiger partial charge in [-0.15, -0.1) is 0 Å². The van der Waals surface area contributed by atoms with Crippen molar-refractivity contribution in [3.63, 3.8) is 0 Å². The topological polar surface area (TPSA) is 60.4 Å². The van der Waals surface area contributed by atoms with E-state index in [0.717, 1.165) is 5.56 Å². The van der Waals surface area contributed by atoms with E-state index in [1.165, 1.54) is 0 Å². The van der Waals surface area contributed by atoms with Crippen molar-refractivity contribution in [2.75, 3.05) is 0 Å². The molecular formula is C23H19ClO4. The van der Waals surface area contributed by atoms with Gasteiger partial charge >= 0.3 is 5.97 Å². The molecule has 0 radical (unpaired) electrons. The van der Waals surface area contributed by atoms with Crippen LogP contribution in [0.5, 0.6) is 0 Å². The van der Waals surface area contributed by atoms with E-state index in [1.807, 2.05) is 12.1 Å². The Labute approximate surface area is 168 Å². The van der Waals surface area contributed by atoms with Crippen LogP contribution >= 0.6 is 11.6 Å².